The Morgan fingerprint density at radius 2 is 1.82 bits per heavy atom. The summed E-state index contributed by atoms with van der Waals surface area (Å²) in [6.45, 7) is 1.97. The van der Waals surface area contributed by atoms with Crippen molar-refractivity contribution in [3.05, 3.63) is 58.0 Å². The van der Waals surface area contributed by atoms with Crippen LogP contribution >= 0.6 is 0 Å². The molecule has 2 rings (SSSR count). The average Bonchev–Trinajstić information content (AvgIpc) is 2.30. The highest BCUT2D eigenvalue weighted by molar-refractivity contribution is 5.88. The third-order valence-electron chi connectivity index (χ3n) is 2.52. The zero-order valence-electron chi connectivity index (χ0n) is 9.23. The molecule has 0 atom stereocenters. The van der Waals surface area contributed by atoms with Gasteiger partial charge in [0.25, 0.3) is 5.56 Å². The quantitative estimate of drug-likeness (QED) is 0.827. The standard InChI is InChI=1S/C13H11NO3/c1-8-2-4-9(5-3-8)10-6-11(13(16)17)12(15)14-7-10/h2-7H,1H3,(H,14,15)(H,16,17). The van der Waals surface area contributed by atoms with Crippen molar-refractivity contribution in [1.29, 1.82) is 0 Å². The van der Waals surface area contributed by atoms with Crippen LogP contribution in [0.1, 0.15) is 15.9 Å². The molecule has 0 radical (unpaired) electrons. The second kappa shape index (κ2) is 4.25. The van der Waals surface area contributed by atoms with E-state index in [2.05, 4.69) is 4.98 Å². The fourth-order valence-electron chi connectivity index (χ4n) is 1.56. The lowest BCUT2D eigenvalue weighted by atomic mass is 10.0. The van der Waals surface area contributed by atoms with E-state index < -0.39 is 11.5 Å². The van der Waals surface area contributed by atoms with E-state index in [1.165, 1.54) is 12.3 Å². The largest absolute Gasteiger partial charge is 0.477 e. The molecule has 1 aromatic heterocycles. The van der Waals surface area contributed by atoms with Gasteiger partial charge in [0, 0.05) is 6.20 Å². The second-order valence-corrected chi connectivity index (χ2v) is 3.80. The molecule has 1 heterocycles. The van der Waals surface area contributed by atoms with Gasteiger partial charge in [-0.3, -0.25) is 4.79 Å². The smallest absolute Gasteiger partial charge is 0.341 e. The van der Waals surface area contributed by atoms with Crippen LogP contribution in [0.4, 0.5) is 0 Å². The van der Waals surface area contributed by atoms with E-state index in [0.717, 1.165) is 11.1 Å². The molecule has 2 N–H and O–H groups in total. The molecule has 0 aliphatic carbocycles. The van der Waals surface area contributed by atoms with Gasteiger partial charge in [-0.15, -0.1) is 0 Å². The molecule has 0 fully saturated rings. The van der Waals surface area contributed by atoms with Crippen LogP contribution in [0.25, 0.3) is 11.1 Å². The van der Waals surface area contributed by atoms with Gasteiger partial charge in [0.2, 0.25) is 0 Å². The summed E-state index contributed by atoms with van der Waals surface area (Å²) in [5, 5.41) is 8.86. The summed E-state index contributed by atoms with van der Waals surface area (Å²) in [6, 6.07) is 9.01. The summed E-state index contributed by atoms with van der Waals surface area (Å²) < 4.78 is 0. The lowest BCUT2D eigenvalue weighted by Crippen LogP contribution is -2.16. The number of carboxylic acids is 1. The molecule has 86 valence electrons. The second-order valence-electron chi connectivity index (χ2n) is 3.80. The van der Waals surface area contributed by atoms with Crippen molar-refractivity contribution in [1.82, 2.24) is 4.98 Å². The van der Waals surface area contributed by atoms with Crippen LogP contribution in [0.3, 0.4) is 0 Å². The molecule has 17 heavy (non-hydrogen) atoms. The number of benzene rings is 1. The molecule has 0 saturated carbocycles. The summed E-state index contributed by atoms with van der Waals surface area (Å²) in [7, 11) is 0. The summed E-state index contributed by atoms with van der Waals surface area (Å²) >= 11 is 0. The Hall–Kier alpha value is -2.36. The third-order valence-corrected chi connectivity index (χ3v) is 2.52. The monoisotopic (exact) mass is 229 g/mol. The van der Waals surface area contributed by atoms with Gasteiger partial charge in [-0.25, -0.2) is 4.79 Å². The molecule has 0 aliphatic rings. The van der Waals surface area contributed by atoms with Crippen LogP contribution in [0, 0.1) is 6.92 Å². The van der Waals surface area contributed by atoms with Gasteiger partial charge >= 0.3 is 5.97 Å². The van der Waals surface area contributed by atoms with E-state index in [0.29, 0.717) is 5.56 Å². The first-order chi connectivity index (χ1) is 8.08. The minimum atomic E-state index is -1.22. The minimum Gasteiger partial charge on any atom is -0.477 e. The average molecular weight is 229 g/mol. The minimum absolute atomic E-state index is 0.247. The van der Waals surface area contributed by atoms with Crippen LogP contribution in [-0.4, -0.2) is 16.1 Å². The van der Waals surface area contributed by atoms with Crippen LogP contribution < -0.4 is 5.56 Å². The predicted molar refractivity (Wildman–Crippen MR) is 64.2 cm³/mol. The number of aromatic nitrogens is 1. The maximum atomic E-state index is 11.3. The number of carbonyl (C=O) groups is 1. The molecule has 0 saturated heterocycles. The van der Waals surface area contributed by atoms with E-state index in [-0.39, 0.29) is 5.56 Å². The van der Waals surface area contributed by atoms with E-state index >= 15 is 0 Å². The number of aryl methyl sites for hydroxylation is 1. The van der Waals surface area contributed by atoms with Gasteiger partial charge in [0.15, 0.2) is 0 Å². The molecular formula is C13H11NO3. The number of pyridine rings is 1. The molecule has 4 heteroatoms. The molecule has 0 aliphatic heterocycles. The van der Waals surface area contributed by atoms with Crippen molar-refractivity contribution in [2.75, 3.05) is 0 Å². The molecule has 2 aromatic rings. The summed E-state index contributed by atoms with van der Waals surface area (Å²) in [6.07, 6.45) is 1.51. The van der Waals surface area contributed by atoms with Crippen molar-refractivity contribution in [3.63, 3.8) is 0 Å². The predicted octanol–water partition coefficient (Wildman–Crippen LogP) is 2.05. The maximum Gasteiger partial charge on any atom is 0.341 e. The number of aromatic carboxylic acids is 1. The van der Waals surface area contributed by atoms with Gasteiger partial charge in [-0.1, -0.05) is 29.8 Å². The van der Waals surface area contributed by atoms with E-state index in [1.807, 2.05) is 31.2 Å². The van der Waals surface area contributed by atoms with Crippen molar-refractivity contribution >= 4 is 5.97 Å². The number of hydrogen-bond acceptors (Lipinski definition) is 2. The highest BCUT2D eigenvalue weighted by Gasteiger charge is 2.09. The van der Waals surface area contributed by atoms with Gasteiger partial charge in [0.1, 0.15) is 5.56 Å². The number of carboxylic acid groups (broad SMARTS) is 1. The third kappa shape index (κ3) is 2.25. The van der Waals surface area contributed by atoms with Crippen molar-refractivity contribution in [2.24, 2.45) is 0 Å². The first kappa shape index (κ1) is 11.1. The number of nitrogens with one attached hydrogen (secondary N) is 1. The maximum absolute atomic E-state index is 11.3. The Bertz CT molecular complexity index is 611. The van der Waals surface area contributed by atoms with Crippen LogP contribution in [0.2, 0.25) is 0 Å². The SMILES string of the molecule is Cc1ccc(-c2c[nH]c(=O)c(C(=O)O)c2)cc1. The molecule has 0 bridgehead atoms. The zero-order chi connectivity index (χ0) is 12.4. The first-order valence-corrected chi connectivity index (χ1v) is 5.11. The Balaban J connectivity index is 2.53. The van der Waals surface area contributed by atoms with E-state index in [4.69, 9.17) is 5.11 Å². The molecular weight excluding hydrogens is 218 g/mol. The van der Waals surface area contributed by atoms with Crippen molar-refractivity contribution in [3.8, 4) is 11.1 Å². The summed E-state index contributed by atoms with van der Waals surface area (Å²) in [4.78, 5) is 24.5. The topological polar surface area (TPSA) is 70.2 Å². The van der Waals surface area contributed by atoms with Gasteiger partial charge in [-0.05, 0) is 24.1 Å². The number of rotatable bonds is 2. The van der Waals surface area contributed by atoms with Crippen LogP contribution in [0.5, 0.6) is 0 Å². The molecule has 1 aromatic carbocycles. The normalized spacial score (nSPS) is 10.2. The fourth-order valence-corrected chi connectivity index (χ4v) is 1.56. The van der Waals surface area contributed by atoms with Crippen LogP contribution in [-0.2, 0) is 0 Å². The Labute approximate surface area is 97.6 Å². The Morgan fingerprint density at radius 3 is 2.41 bits per heavy atom. The number of H-pyrrole nitrogens is 1. The van der Waals surface area contributed by atoms with Crippen molar-refractivity contribution < 1.29 is 9.90 Å². The van der Waals surface area contributed by atoms with Gasteiger partial charge in [0.05, 0.1) is 0 Å². The molecule has 0 spiro atoms. The lowest BCUT2D eigenvalue weighted by Gasteiger charge is -2.03. The first-order valence-electron chi connectivity index (χ1n) is 5.11. The number of hydrogen-bond donors (Lipinski definition) is 2. The number of aromatic amines is 1. The zero-order valence-corrected chi connectivity index (χ0v) is 9.23. The lowest BCUT2D eigenvalue weighted by molar-refractivity contribution is 0.0695. The Kier molecular flexibility index (Phi) is 2.78. The van der Waals surface area contributed by atoms with Crippen molar-refractivity contribution in [2.45, 2.75) is 6.92 Å². The van der Waals surface area contributed by atoms with Gasteiger partial charge < -0.3 is 10.1 Å². The Morgan fingerprint density at radius 1 is 1.18 bits per heavy atom. The van der Waals surface area contributed by atoms with Crippen LogP contribution in [0.15, 0.2) is 41.3 Å². The fraction of sp³-hybridized carbons (Fsp3) is 0.0769. The molecule has 4 nitrogen and oxygen atoms in total. The highest BCUT2D eigenvalue weighted by Crippen LogP contribution is 2.18. The van der Waals surface area contributed by atoms with E-state index in [1.54, 1.807) is 0 Å². The summed E-state index contributed by atoms with van der Waals surface area (Å²) in [5.41, 5.74) is 1.84. The molecule has 0 amide bonds. The van der Waals surface area contributed by atoms with Gasteiger partial charge in [-0.2, -0.15) is 0 Å². The highest BCUT2D eigenvalue weighted by atomic mass is 16.4. The summed E-state index contributed by atoms with van der Waals surface area (Å²) in [5.74, 6) is -1.22. The van der Waals surface area contributed by atoms with E-state index in [9.17, 15) is 9.59 Å². The molecule has 0 unspecified atom stereocenters.